The maximum Gasteiger partial charge on any atom is 0.220 e. The van der Waals surface area contributed by atoms with E-state index in [4.69, 9.17) is 0 Å². The number of aromatic nitrogens is 1. The Morgan fingerprint density at radius 3 is 2.81 bits per heavy atom. The van der Waals surface area contributed by atoms with Crippen LogP contribution >= 0.6 is 11.3 Å². The number of rotatable bonds is 8. The van der Waals surface area contributed by atoms with Crippen LogP contribution in [0.4, 0.5) is 0 Å². The molecular formula is C19H24N2O3S2. The zero-order valence-corrected chi connectivity index (χ0v) is 16.3. The lowest BCUT2D eigenvalue weighted by molar-refractivity contribution is -0.121. The number of amides is 1. The van der Waals surface area contributed by atoms with Gasteiger partial charge in [-0.1, -0.05) is 30.3 Å². The highest BCUT2D eigenvalue weighted by atomic mass is 32.2. The molecule has 1 amide bonds. The first kappa shape index (κ1) is 19.0. The minimum Gasteiger partial charge on any atom is -0.356 e. The van der Waals surface area contributed by atoms with Crippen LogP contribution < -0.4 is 5.32 Å². The van der Waals surface area contributed by atoms with E-state index in [0.29, 0.717) is 30.9 Å². The molecule has 1 atom stereocenters. The van der Waals surface area contributed by atoms with Crippen molar-refractivity contribution in [1.82, 2.24) is 10.3 Å². The van der Waals surface area contributed by atoms with Crippen LogP contribution in [-0.4, -0.2) is 37.4 Å². The molecule has 1 fully saturated rings. The molecule has 1 N–H and O–H groups in total. The van der Waals surface area contributed by atoms with Crippen molar-refractivity contribution in [1.29, 1.82) is 0 Å². The Morgan fingerprint density at radius 2 is 2.08 bits per heavy atom. The minimum atomic E-state index is -2.80. The van der Waals surface area contributed by atoms with Crippen LogP contribution in [0.1, 0.15) is 30.7 Å². The molecule has 0 radical (unpaired) electrons. The number of hydrogen-bond acceptors (Lipinski definition) is 5. The molecule has 3 rings (SSSR count). The molecule has 2 aromatic rings. The minimum absolute atomic E-state index is 0.0282. The Kier molecular flexibility index (Phi) is 6.43. The Bertz CT molecular complexity index is 831. The molecule has 1 aromatic carbocycles. The predicted octanol–water partition coefficient (Wildman–Crippen LogP) is 3.07. The molecule has 1 aliphatic heterocycles. The van der Waals surface area contributed by atoms with Gasteiger partial charge in [-0.05, 0) is 25.2 Å². The van der Waals surface area contributed by atoms with Crippen molar-refractivity contribution in [2.24, 2.45) is 5.92 Å². The predicted molar refractivity (Wildman–Crippen MR) is 105 cm³/mol. The summed E-state index contributed by atoms with van der Waals surface area (Å²) in [5.41, 5.74) is 2.05. The summed E-state index contributed by atoms with van der Waals surface area (Å²) in [6.45, 7) is 0.614. The zero-order valence-electron chi connectivity index (χ0n) is 14.7. The molecule has 5 nitrogen and oxygen atoms in total. The molecule has 0 aliphatic carbocycles. The highest BCUT2D eigenvalue weighted by Gasteiger charge is 2.27. The topological polar surface area (TPSA) is 76.1 Å². The van der Waals surface area contributed by atoms with Gasteiger partial charge in [0.15, 0.2) is 9.84 Å². The van der Waals surface area contributed by atoms with Crippen molar-refractivity contribution in [3.63, 3.8) is 0 Å². The summed E-state index contributed by atoms with van der Waals surface area (Å²) in [7, 11) is -2.80. The Balaban J connectivity index is 1.34. The van der Waals surface area contributed by atoms with Crippen LogP contribution in [0.25, 0.3) is 11.3 Å². The highest BCUT2D eigenvalue weighted by molar-refractivity contribution is 7.91. The molecule has 1 aromatic heterocycles. The van der Waals surface area contributed by atoms with Gasteiger partial charge in [-0.3, -0.25) is 4.79 Å². The van der Waals surface area contributed by atoms with Gasteiger partial charge in [0.05, 0.1) is 22.2 Å². The fourth-order valence-electron chi connectivity index (χ4n) is 3.19. The van der Waals surface area contributed by atoms with Crippen LogP contribution in [0.2, 0.25) is 0 Å². The van der Waals surface area contributed by atoms with Crippen molar-refractivity contribution in [3.8, 4) is 11.3 Å². The summed E-state index contributed by atoms with van der Waals surface area (Å²) in [5.74, 6) is 0.932. The second kappa shape index (κ2) is 8.77. The molecule has 0 spiro atoms. The first-order chi connectivity index (χ1) is 12.5. The van der Waals surface area contributed by atoms with Gasteiger partial charge in [-0.15, -0.1) is 11.3 Å². The molecule has 0 saturated carbocycles. The Hall–Kier alpha value is -1.73. The van der Waals surface area contributed by atoms with E-state index >= 15 is 0 Å². The number of benzene rings is 1. The van der Waals surface area contributed by atoms with E-state index in [1.165, 1.54) is 0 Å². The first-order valence-corrected chi connectivity index (χ1v) is 11.7. The van der Waals surface area contributed by atoms with Gasteiger partial charge in [0.1, 0.15) is 0 Å². The van der Waals surface area contributed by atoms with Gasteiger partial charge in [0.25, 0.3) is 0 Å². The molecule has 7 heteroatoms. The quantitative estimate of drug-likeness (QED) is 0.701. The number of carbonyl (C=O) groups excluding carboxylic acids is 1. The standard InChI is InChI=1S/C19H24N2O3S2/c22-18(20-11-4-5-15-10-12-26(23,24)14-15)8-9-19-21-17(13-25-19)16-6-2-1-3-7-16/h1-3,6-7,13,15H,4-5,8-12,14H2,(H,20,22). The van der Waals surface area contributed by atoms with Crippen LogP contribution in [0.3, 0.4) is 0 Å². The van der Waals surface area contributed by atoms with Crippen molar-refractivity contribution >= 4 is 27.1 Å². The molecule has 1 saturated heterocycles. The second-order valence-corrected chi connectivity index (χ2v) is 9.93. The van der Waals surface area contributed by atoms with Gasteiger partial charge < -0.3 is 5.32 Å². The van der Waals surface area contributed by atoms with Crippen LogP contribution in [0.5, 0.6) is 0 Å². The average molecular weight is 393 g/mol. The molecule has 1 aliphatic rings. The lowest BCUT2D eigenvalue weighted by Gasteiger charge is -2.08. The van der Waals surface area contributed by atoms with Crippen molar-refractivity contribution in [3.05, 3.63) is 40.7 Å². The van der Waals surface area contributed by atoms with Gasteiger partial charge in [0, 0.05) is 30.3 Å². The summed E-state index contributed by atoms with van der Waals surface area (Å²) in [6.07, 6.45) is 3.54. The summed E-state index contributed by atoms with van der Waals surface area (Å²) in [4.78, 5) is 16.6. The SMILES string of the molecule is O=C(CCc1nc(-c2ccccc2)cs1)NCCCC1CCS(=O)(=O)C1. The highest BCUT2D eigenvalue weighted by Crippen LogP contribution is 2.23. The van der Waals surface area contributed by atoms with Crippen molar-refractivity contribution in [2.45, 2.75) is 32.1 Å². The number of aryl methyl sites for hydroxylation is 1. The molecule has 26 heavy (non-hydrogen) atoms. The Labute approximate surface area is 158 Å². The second-order valence-electron chi connectivity index (χ2n) is 6.75. The number of nitrogens with zero attached hydrogens (tertiary/aromatic N) is 1. The van der Waals surface area contributed by atoms with E-state index in [0.717, 1.165) is 35.5 Å². The summed E-state index contributed by atoms with van der Waals surface area (Å²) < 4.78 is 22.8. The van der Waals surface area contributed by atoms with E-state index in [9.17, 15) is 13.2 Å². The third-order valence-electron chi connectivity index (χ3n) is 4.63. The number of nitrogens with one attached hydrogen (secondary N) is 1. The van der Waals surface area contributed by atoms with E-state index in [1.807, 2.05) is 35.7 Å². The normalized spacial score (nSPS) is 18.7. The third kappa shape index (κ3) is 5.64. The maximum atomic E-state index is 12.0. The van der Waals surface area contributed by atoms with Gasteiger partial charge >= 0.3 is 0 Å². The van der Waals surface area contributed by atoms with Crippen LogP contribution in [0, 0.1) is 5.92 Å². The third-order valence-corrected chi connectivity index (χ3v) is 7.37. The summed E-state index contributed by atoms with van der Waals surface area (Å²) in [6, 6.07) is 10.0. The lowest BCUT2D eigenvalue weighted by atomic mass is 10.0. The number of thiazole rings is 1. The van der Waals surface area contributed by atoms with Crippen molar-refractivity contribution < 1.29 is 13.2 Å². The molecule has 140 valence electrons. The van der Waals surface area contributed by atoms with E-state index < -0.39 is 9.84 Å². The van der Waals surface area contributed by atoms with E-state index in [2.05, 4.69) is 10.3 Å². The summed E-state index contributed by atoms with van der Waals surface area (Å²) >= 11 is 1.58. The first-order valence-electron chi connectivity index (χ1n) is 8.99. The molecule has 0 bridgehead atoms. The van der Waals surface area contributed by atoms with Gasteiger partial charge in [0.2, 0.25) is 5.91 Å². The zero-order chi connectivity index (χ0) is 18.4. The monoisotopic (exact) mass is 392 g/mol. The largest absolute Gasteiger partial charge is 0.356 e. The van der Waals surface area contributed by atoms with E-state index in [1.54, 1.807) is 11.3 Å². The number of carbonyl (C=O) groups is 1. The summed E-state index contributed by atoms with van der Waals surface area (Å²) in [5, 5.41) is 5.92. The maximum absolute atomic E-state index is 12.0. The number of sulfone groups is 1. The smallest absolute Gasteiger partial charge is 0.220 e. The fraction of sp³-hybridized carbons (Fsp3) is 0.474. The molecular weight excluding hydrogens is 368 g/mol. The van der Waals surface area contributed by atoms with E-state index in [-0.39, 0.29) is 11.8 Å². The molecule has 2 heterocycles. The van der Waals surface area contributed by atoms with Crippen LogP contribution in [-0.2, 0) is 21.1 Å². The van der Waals surface area contributed by atoms with Crippen molar-refractivity contribution in [2.75, 3.05) is 18.1 Å². The number of hydrogen-bond donors (Lipinski definition) is 1. The molecule has 1 unspecified atom stereocenters. The average Bonchev–Trinajstić information content (AvgIpc) is 3.24. The van der Waals surface area contributed by atoms with Gasteiger partial charge in [-0.25, -0.2) is 13.4 Å². The fourth-order valence-corrected chi connectivity index (χ4v) is 5.91. The van der Waals surface area contributed by atoms with Crippen LogP contribution in [0.15, 0.2) is 35.7 Å². The van der Waals surface area contributed by atoms with Gasteiger partial charge in [-0.2, -0.15) is 0 Å². The Morgan fingerprint density at radius 1 is 1.27 bits per heavy atom. The lowest BCUT2D eigenvalue weighted by Crippen LogP contribution is -2.25.